The smallest absolute Gasteiger partial charge is 0.275 e. The molecule has 0 spiro atoms. The van der Waals surface area contributed by atoms with E-state index >= 15 is 0 Å². The van der Waals surface area contributed by atoms with Crippen LogP contribution in [0.25, 0.3) is 0 Å². The molecule has 5 nitrogen and oxygen atoms in total. The molecule has 1 heterocycles. The largest absolute Gasteiger partial charge is 0.493 e. The van der Waals surface area contributed by atoms with Gasteiger partial charge in [0.05, 0.1) is 11.5 Å². The summed E-state index contributed by atoms with van der Waals surface area (Å²) in [6.45, 7) is 1.13. The van der Waals surface area contributed by atoms with Crippen molar-refractivity contribution in [2.75, 3.05) is 11.9 Å². The molecule has 0 bridgehead atoms. The molecule has 6 heteroatoms. The van der Waals surface area contributed by atoms with Crippen molar-refractivity contribution in [3.05, 3.63) is 62.1 Å². The highest BCUT2D eigenvalue weighted by Gasteiger charge is 2.15. The lowest BCUT2D eigenvalue weighted by Crippen LogP contribution is -2.03. The van der Waals surface area contributed by atoms with Gasteiger partial charge in [-0.3, -0.25) is 10.1 Å². The lowest BCUT2D eigenvalue weighted by molar-refractivity contribution is -0.385. The Balaban J connectivity index is 1.77. The van der Waals surface area contributed by atoms with Crippen LogP contribution in [0.3, 0.4) is 0 Å². The third-order valence-electron chi connectivity index (χ3n) is 3.42. The lowest BCUT2D eigenvalue weighted by atomic mass is 10.1. The Morgan fingerprint density at radius 3 is 2.95 bits per heavy atom. The molecule has 1 aliphatic heterocycles. The van der Waals surface area contributed by atoms with E-state index in [4.69, 9.17) is 4.74 Å². The van der Waals surface area contributed by atoms with E-state index in [1.54, 1.807) is 12.1 Å². The van der Waals surface area contributed by atoms with Crippen molar-refractivity contribution in [1.82, 2.24) is 0 Å². The van der Waals surface area contributed by atoms with Crippen LogP contribution in [0, 0.1) is 10.1 Å². The molecule has 0 saturated carbocycles. The fourth-order valence-electron chi connectivity index (χ4n) is 2.35. The van der Waals surface area contributed by atoms with E-state index in [0.717, 1.165) is 24.5 Å². The van der Waals surface area contributed by atoms with E-state index < -0.39 is 0 Å². The summed E-state index contributed by atoms with van der Waals surface area (Å²) in [5.41, 5.74) is 2.88. The van der Waals surface area contributed by atoms with Crippen molar-refractivity contribution in [2.24, 2.45) is 0 Å². The van der Waals surface area contributed by atoms with Gasteiger partial charge in [-0.2, -0.15) is 0 Å². The maximum atomic E-state index is 11.1. The topological polar surface area (TPSA) is 64.4 Å². The molecule has 21 heavy (non-hydrogen) atoms. The standard InChI is InChI=1S/C15H13BrN2O3/c16-12-2-1-11(14(8-12)18(19)20)9-17-13-3-4-15-10(7-13)5-6-21-15/h1-4,7-8,17H,5-6,9H2. The van der Waals surface area contributed by atoms with Gasteiger partial charge < -0.3 is 10.1 Å². The fourth-order valence-corrected chi connectivity index (χ4v) is 2.70. The molecule has 0 saturated heterocycles. The fraction of sp³-hybridized carbons (Fsp3) is 0.200. The van der Waals surface area contributed by atoms with Gasteiger partial charge in [0.1, 0.15) is 5.75 Å². The maximum absolute atomic E-state index is 11.1. The molecule has 1 N–H and O–H groups in total. The number of nitro groups is 1. The molecular weight excluding hydrogens is 336 g/mol. The molecule has 2 aromatic carbocycles. The maximum Gasteiger partial charge on any atom is 0.275 e. The first-order chi connectivity index (χ1) is 10.1. The third kappa shape index (κ3) is 3.00. The number of halogens is 1. The second-order valence-electron chi connectivity index (χ2n) is 4.80. The van der Waals surface area contributed by atoms with E-state index in [0.29, 0.717) is 16.6 Å². The van der Waals surface area contributed by atoms with E-state index in [1.165, 1.54) is 11.6 Å². The zero-order chi connectivity index (χ0) is 14.8. The molecule has 0 aliphatic carbocycles. The number of hydrogen-bond donors (Lipinski definition) is 1. The van der Waals surface area contributed by atoms with E-state index in [-0.39, 0.29) is 10.6 Å². The minimum Gasteiger partial charge on any atom is -0.493 e. The molecule has 1 aliphatic rings. The molecule has 0 aromatic heterocycles. The van der Waals surface area contributed by atoms with Gasteiger partial charge in [0.2, 0.25) is 0 Å². The Labute approximate surface area is 130 Å². The normalized spacial score (nSPS) is 12.6. The van der Waals surface area contributed by atoms with Crippen molar-refractivity contribution in [1.29, 1.82) is 0 Å². The summed E-state index contributed by atoms with van der Waals surface area (Å²) in [7, 11) is 0. The average Bonchev–Trinajstić information content (AvgIpc) is 2.93. The number of rotatable bonds is 4. The number of nitro benzene ring substituents is 1. The minimum atomic E-state index is -0.363. The summed E-state index contributed by atoms with van der Waals surface area (Å²) in [4.78, 5) is 10.7. The second kappa shape index (κ2) is 5.73. The summed E-state index contributed by atoms with van der Waals surface area (Å²) in [5, 5.41) is 14.3. The Kier molecular flexibility index (Phi) is 3.79. The summed E-state index contributed by atoms with van der Waals surface area (Å²) >= 11 is 3.26. The lowest BCUT2D eigenvalue weighted by Gasteiger charge is -2.09. The quantitative estimate of drug-likeness (QED) is 0.672. The zero-order valence-electron chi connectivity index (χ0n) is 11.1. The van der Waals surface area contributed by atoms with Crippen LogP contribution in [0.5, 0.6) is 5.75 Å². The van der Waals surface area contributed by atoms with Crippen molar-refractivity contribution in [2.45, 2.75) is 13.0 Å². The molecule has 3 rings (SSSR count). The Bertz CT molecular complexity index is 703. The van der Waals surface area contributed by atoms with Crippen LogP contribution in [0.4, 0.5) is 11.4 Å². The van der Waals surface area contributed by atoms with Gasteiger partial charge in [-0.25, -0.2) is 0 Å². The van der Waals surface area contributed by atoms with Crippen LogP contribution >= 0.6 is 15.9 Å². The first-order valence-electron chi connectivity index (χ1n) is 6.56. The van der Waals surface area contributed by atoms with Crippen LogP contribution in [-0.4, -0.2) is 11.5 Å². The van der Waals surface area contributed by atoms with Gasteiger partial charge in [0.25, 0.3) is 5.69 Å². The van der Waals surface area contributed by atoms with Crippen molar-refractivity contribution < 1.29 is 9.66 Å². The van der Waals surface area contributed by atoms with Crippen LogP contribution in [-0.2, 0) is 13.0 Å². The number of ether oxygens (including phenoxy) is 1. The first-order valence-corrected chi connectivity index (χ1v) is 7.35. The van der Waals surface area contributed by atoms with Crippen molar-refractivity contribution in [3.8, 4) is 5.75 Å². The summed E-state index contributed by atoms with van der Waals surface area (Å²) < 4.78 is 6.16. The first kappa shape index (κ1) is 13.9. The highest BCUT2D eigenvalue weighted by atomic mass is 79.9. The Morgan fingerprint density at radius 2 is 2.14 bits per heavy atom. The average molecular weight is 349 g/mol. The number of fused-ring (bicyclic) bond motifs is 1. The summed E-state index contributed by atoms with van der Waals surface area (Å²) in [5.74, 6) is 0.926. The highest BCUT2D eigenvalue weighted by Crippen LogP contribution is 2.29. The van der Waals surface area contributed by atoms with Gasteiger partial charge in [-0.15, -0.1) is 0 Å². The van der Waals surface area contributed by atoms with Crippen LogP contribution in [0.15, 0.2) is 40.9 Å². The molecule has 108 valence electrons. The predicted octanol–water partition coefficient (Wildman–Crippen LogP) is 3.90. The summed E-state index contributed by atoms with van der Waals surface area (Å²) in [6, 6.07) is 11.0. The van der Waals surface area contributed by atoms with Crippen LogP contribution in [0.2, 0.25) is 0 Å². The van der Waals surface area contributed by atoms with E-state index in [2.05, 4.69) is 21.2 Å². The van der Waals surface area contributed by atoms with E-state index in [9.17, 15) is 10.1 Å². The molecular formula is C15H13BrN2O3. The highest BCUT2D eigenvalue weighted by molar-refractivity contribution is 9.10. The monoisotopic (exact) mass is 348 g/mol. The van der Waals surface area contributed by atoms with Gasteiger partial charge in [-0.05, 0) is 35.9 Å². The van der Waals surface area contributed by atoms with Crippen molar-refractivity contribution in [3.63, 3.8) is 0 Å². The molecule has 0 radical (unpaired) electrons. The summed E-state index contributed by atoms with van der Waals surface area (Å²) in [6.07, 6.45) is 0.906. The number of nitrogens with one attached hydrogen (secondary N) is 1. The molecule has 0 fully saturated rings. The second-order valence-corrected chi connectivity index (χ2v) is 5.72. The van der Waals surface area contributed by atoms with Gasteiger partial charge in [0.15, 0.2) is 0 Å². The van der Waals surface area contributed by atoms with Crippen LogP contribution in [0.1, 0.15) is 11.1 Å². The SMILES string of the molecule is O=[N+]([O-])c1cc(Br)ccc1CNc1ccc2c(c1)CCO2. The number of nitrogens with zero attached hydrogens (tertiary/aromatic N) is 1. The van der Waals surface area contributed by atoms with Crippen molar-refractivity contribution >= 4 is 27.3 Å². The Morgan fingerprint density at radius 1 is 1.29 bits per heavy atom. The third-order valence-corrected chi connectivity index (χ3v) is 3.91. The van der Waals surface area contributed by atoms with Gasteiger partial charge in [0, 0.05) is 34.8 Å². The van der Waals surface area contributed by atoms with Gasteiger partial charge >= 0.3 is 0 Å². The minimum absolute atomic E-state index is 0.112. The molecule has 0 amide bonds. The van der Waals surface area contributed by atoms with E-state index in [1.807, 2.05) is 18.2 Å². The number of anilines is 1. The molecule has 0 unspecified atom stereocenters. The number of hydrogen-bond acceptors (Lipinski definition) is 4. The predicted molar refractivity (Wildman–Crippen MR) is 83.8 cm³/mol. The molecule has 0 atom stereocenters. The molecule has 2 aromatic rings. The number of benzene rings is 2. The zero-order valence-corrected chi connectivity index (χ0v) is 12.7. The van der Waals surface area contributed by atoms with Gasteiger partial charge in [-0.1, -0.05) is 15.9 Å². The Hall–Kier alpha value is -2.08. The van der Waals surface area contributed by atoms with Crippen LogP contribution < -0.4 is 10.1 Å².